The van der Waals surface area contributed by atoms with Crippen LogP contribution in [-0.4, -0.2) is 53.7 Å². The van der Waals surface area contributed by atoms with Gasteiger partial charge in [0, 0.05) is 6.42 Å². The minimum absolute atomic E-state index is 0.0384. The number of rotatable bonds is 8. The van der Waals surface area contributed by atoms with E-state index in [1.54, 1.807) is 0 Å². The molecule has 32 heavy (non-hydrogen) atoms. The number of hydrogen-bond donors (Lipinski definition) is 3. The van der Waals surface area contributed by atoms with Crippen molar-refractivity contribution < 1.29 is 60.7 Å². The van der Waals surface area contributed by atoms with Crippen LogP contribution in [0.15, 0.2) is 12.7 Å². The molecule has 1 fully saturated rings. The summed E-state index contributed by atoms with van der Waals surface area (Å²) in [6.07, 6.45) is -1.86. The van der Waals surface area contributed by atoms with Gasteiger partial charge in [0.15, 0.2) is 11.5 Å². The molecule has 1 saturated heterocycles. The fourth-order valence-electron chi connectivity index (χ4n) is 2.70. The van der Waals surface area contributed by atoms with Crippen molar-refractivity contribution in [3.8, 4) is 0 Å². The lowest BCUT2D eigenvalue weighted by Crippen LogP contribution is -2.34. The molecular formula is C11H13F2N5O11P3-3. The van der Waals surface area contributed by atoms with Crippen molar-refractivity contribution in [2.24, 2.45) is 0 Å². The molecule has 0 aromatic carbocycles. The standard InChI is InChI=1S/C11H16F2N5O11P3/c12-11(13,31(22,23)29-32(24,25)26)30(20,21)27-2-6-5(19)1-7(28-6)18-4-17-8-9(14)15-3-16-10(8)18/h3-7,19H,1-2H2,(H,20,21)(H,22,23)(H2,14,15,16)(H2,24,25,26)/p-3/t5-,6+,7+/m0/s1. The SMILES string of the molecule is Nc1ncnc2c1ncn2[C@H]1C[C@H](O)[C@@H](COP(=O)([O-])C(F)(F)P(=O)([O-])OP(=O)([O-])O)O1. The molecule has 3 heterocycles. The molecule has 21 heteroatoms. The van der Waals surface area contributed by atoms with Gasteiger partial charge in [-0.3, -0.25) is 13.4 Å². The van der Waals surface area contributed by atoms with E-state index in [4.69, 9.17) is 15.4 Å². The van der Waals surface area contributed by atoms with Crippen LogP contribution >= 0.6 is 23.0 Å². The molecule has 3 rings (SSSR count). The topological polar surface area (TPSA) is 258 Å². The first-order chi connectivity index (χ1) is 14.6. The monoisotopic (exact) mass is 522 g/mol. The van der Waals surface area contributed by atoms with Crippen LogP contribution in [0.4, 0.5) is 14.6 Å². The lowest BCUT2D eigenvalue weighted by molar-refractivity contribution is -0.245. The third kappa shape index (κ3) is 4.76. The number of halogens is 2. The highest BCUT2D eigenvalue weighted by Gasteiger charge is 2.55. The highest BCUT2D eigenvalue weighted by Crippen LogP contribution is 2.74. The summed E-state index contributed by atoms with van der Waals surface area (Å²) in [5, 5.41) is 4.20. The molecule has 1 aliphatic rings. The minimum Gasteiger partial charge on any atom is -0.774 e. The van der Waals surface area contributed by atoms with Crippen molar-refractivity contribution in [1.29, 1.82) is 0 Å². The number of nitrogen functional groups attached to an aromatic ring is 1. The second-order valence-electron chi connectivity index (χ2n) is 6.37. The summed E-state index contributed by atoms with van der Waals surface area (Å²) in [7, 11) is -20.0. The highest BCUT2D eigenvalue weighted by molar-refractivity contribution is 7.74. The highest BCUT2D eigenvalue weighted by atomic mass is 31.3. The normalized spacial score (nSPS) is 27.7. The smallest absolute Gasteiger partial charge is 0.369 e. The molecule has 0 bridgehead atoms. The third-order valence-corrected chi connectivity index (χ3v) is 9.14. The first-order valence-corrected chi connectivity index (χ1v) is 12.8. The minimum atomic E-state index is -7.05. The number of fused-ring (bicyclic) bond motifs is 1. The Morgan fingerprint density at radius 2 is 1.91 bits per heavy atom. The summed E-state index contributed by atoms with van der Waals surface area (Å²) >= 11 is 0. The summed E-state index contributed by atoms with van der Waals surface area (Å²) in [5.41, 5.74) is 6.03. The first kappa shape index (κ1) is 25.2. The van der Waals surface area contributed by atoms with E-state index in [1.165, 1.54) is 10.9 Å². The predicted octanol–water partition coefficient (Wildman–Crippen LogP) is -1.79. The number of aliphatic hydroxyl groups is 1. The van der Waals surface area contributed by atoms with Gasteiger partial charge in [0.05, 0.1) is 19.0 Å². The summed E-state index contributed by atoms with van der Waals surface area (Å²) in [4.78, 5) is 53.4. The van der Waals surface area contributed by atoms with E-state index in [0.29, 0.717) is 0 Å². The Kier molecular flexibility index (Phi) is 6.63. The number of aromatic nitrogens is 4. The Morgan fingerprint density at radius 3 is 2.53 bits per heavy atom. The van der Waals surface area contributed by atoms with E-state index >= 15 is 0 Å². The Morgan fingerprint density at radius 1 is 1.25 bits per heavy atom. The quantitative estimate of drug-likeness (QED) is 0.323. The van der Waals surface area contributed by atoms with E-state index in [9.17, 15) is 42.3 Å². The largest absolute Gasteiger partial charge is 0.774 e. The van der Waals surface area contributed by atoms with Gasteiger partial charge in [-0.05, 0) is 0 Å². The molecule has 2 aromatic heterocycles. The third-order valence-electron chi connectivity index (χ3n) is 4.18. The van der Waals surface area contributed by atoms with Gasteiger partial charge in [0.25, 0.3) is 7.82 Å². The maximum absolute atomic E-state index is 13.9. The van der Waals surface area contributed by atoms with Crippen LogP contribution in [0.2, 0.25) is 0 Å². The van der Waals surface area contributed by atoms with Gasteiger partial charge >= 0.3 is 5.40 Å². The van der Waals surface area contributed by atoms with Crippen LogP contribution in [0.25, 0.3) is 11.2 Å². The van der Waals surface area contributed by atoms with Crippen LogP contribution in [0.5, 0.6) is 0 Å². The Bertz CT molecular complexity index is 1160. The van der Waals surface area contributed by atoms with Crippen molar-refractivity contribution in [2.75, 3.05) is 12.3 Å². The van der Waals surface area contributed by atoms with Crippen molar-refractivity contribution in [3.05, 3.63) is 12.7 Å². The molecular weight excluding hydrogens is 509 g/mol. The van der Waals surface area contributed by atoms with E-state index in [2.05, 4.69) is 23.8 Å². The van der Waals surface area contributed by atoms with E-state index in [0.717, 1.165) is 6.33 Å². The maximum Gasteiger partial charge on any atom is 0.369 e. The van der Waals surface area contributed by atoms with Crippen LogP contribution in [0, 0.1) is 0 Å². The molecule has 0 aliphatic carbocycles. The average molecular weight is 522 g/mol. The summed E-state index contributed by atoms with van der Waals surface area (Å²) in [5.74, 6) is 0.0384. The van der Waals surface area contributed by atoms with Gasteiger partial charge < -0.3 is 48.8 Å². The zero-order chi connectivity index (χ0) is 24.1. The van der Waals surface area contributed by atoms with E-state index in [-0.39, 0.29) is 23.4 Å². The molecule has 2 aromatic rings. The number of imidazole rings is 1. The summed E-state index contributed by atoms with van der Waals surface area (Å²) < 4.78 is 74.7. The number of anilines is 1. The van der Waals surface area contributed by atoms with Gasteiger partial charge in [-0.15, -0.1) is 0 Å². The lowest BCUT2D eigenvalue weighted by Gasteiger charge is -2.40. The molecule has 1 aliphatic heterocycles. The second-order valence-corrected chi connectivity index (χ2v) is 11.7. The number of alkyl halides is 2. The molecule has 16 nitrogen and oxygen atoms in total. The van der Waals surface area contributed by atoms with Crippen molar-refractivity contribution >= 4 is 40.0 Å². The molecule has 0 amide bonds. The lowest BCUT2D eigenvalue weighted by atomic mass is 10.2. The molecule has 0 radical (unpaired) electrons. The molecule has 3 unspecified atom stereocenters. The fraction of sp³-hybridized carbons (Fsp3) is 0.545. The molecule has 0 saturated carbocycles. The molecule has 4 N–H and O–H groups in total. The summed E-state index contributed by atoms with van der Waals surface area (Å²) in [6.45, 7) is -1.27. The zero-order valence-electron chi connectivity index (χ0n) is 15.3. The number of hydrogen-bond acceptors (Lipinski definition) is 14. The molecule has 0 spiro atoms. The van der Waals surface area contributed by atoms with Crippen molar-refractivity contribution in [1.82, 2.24) is 19.5 Å². The number of aliphatic hydroxyl groups excluding tert-OH is 1. The number of nitrogens with two attached hydrogens (primary N) is 1. The van der Waals surface area contributed by atoms with Crippen molar-refractivity contribution in [3.63, 3.8) is 0 Å². The van der Waals surface area contributed by atoms with Crippen LogP contribution in [-0.2, 0) is 27.3 Å². The fourth-order valence-corrected chi connectivity index (χ4v) is 6.38. The Hall–Kier alpha value is -1.42. The van der Waals surface area contributed by atoms with Crippen molar-refractivity contribution in [2.45, 2.75) is 30.3 Å². The van der Waals surface area contributed by atoms with Gasteiger partial charge in [-0.25, -0.2) is 15.0 Å². The van der Waals surface area contributed by atoms with Crippen LogP contribution in [0.3, 0.4) is 0 Å². The zero-order valence-corrected chi connectivity index (χ0v) is 18.0. The van der Waals surface area contributed by atoms with Gasteiger partial charge in [0.2, 0.25) is 15.2 Å². The van der Waals surface area contributed by atoms with E-state index in [1.807, 2.05) is 0 Å². The number of ether oxygens (including phenoxy) is 1. The van der Waals surface area contributed by atoms with Gasteiger partial charge in [0.1, 0.15) is 24.2 Å². The Balaban J connectivity index is 1.72. The van der Waals surface area contributed by atoms with Crippen LogP contribution < -0.4 is 20.4 Å². The van der Waals surface area contributed by atoms with Crippen LogP contribution in [0.1, 0.15) is 12.6 Å². The summed E-state index contributed by atoms with van der Waals surface area (Å²) in [6, 6.07) is 0. The maximum atomic E-state index is 13.9. The number of nitrogens with zero attached hydrogens (tertiary/aromatic N) is 4. The predicted molar refractivity (Wildman–Crippen MR) is 91.3 cm³/mol. The number of phosphoric acid groups is 1. The Labute approximate surface area is 176 Å². The average Bonchev–Trinajstić information content (AvgIpc) is 3.22. The first-order valence-electron chi connectivity index (χ1n) is 8.22. The second kappa shape index (κ2) is 8.42. The van der Waals surface area contributed by atoms with E-state index < -0.39 is 53.5 Å². The molecule has 6 atom stereocenters. The van der Waals surface area contributed by atoms with Gasteiger partial charge in [-0.2, -0.15) is 8.78 Å². The van der Waals surface area contributed by atoms with Gasteiger partial charge in [-0.1, -0.05) is 0 Å². The molecule has 180 valence electrons.